The van der Waals surface area contributed by atoms with Crippen LogP contribution in [0.2, 0.25) is 5.02 Å². The van der Waals surface area contributed by atoms with Crippen molar-refractivity contribution in [1.29, 1.82) is 0 Å². The molecule has 1 saturated heterocycles. The first-order valence-corrected chi connectivity index (χ1v) is 7.67. The minimum absolute atomic E-state index is 0.103. The molecule has 0 saturated carbocycles. The monoisotopic (exact) mass is 347 g/mol. The Hall–Kier alpha value is -0.290. The van der Waals surface area contributed by atoms with Gasteiger partial charge in [0.05, 0.1) is 11.6 Å². The summed E-state index contributed by atoms with van der Waals surface area (Å²) in [6.07, 6.45) is 0.103. The quantitative estimate of drug-likeness (QED) is 0.830. The Kier molecular flexibility index (Phi) is 5.51. The summed E-state index contributed by atoms with van der Waals surface area (Å²) in [4.78, 5) is 2.40. The number of benzene rings is 1. The van der Waals surface area contributed by atoms with E-state index in [-0.39, 0.29) is 6.10 Å². The zero-order valence-electron chi connectivity index (χ0n) is 11.2. The van der Waals surface area contributed by atoms with Gasteiger partial charge in [0.2, 0.25) is 0 Å². The summed E-state index contributed by atoms with van der Waals surface area (Å²) in [5, 5.41) is 0.625. The van der Waals surface area contributed by atoms with Crippen molar-refractivity contribution >= 4 is 27.5 Å². The molecule has 1 atom stereocenters. The van der Waals surface area contributed by atoms with E-state index >= 15 is 0 Å². The van der Waals surface area contributed by atoms with Gasteiger partial charge in [-0.05, 0) is 32.0 Å². The molecule has 1 aromatic rings. The molecule has 1 fully saturated rings. The summed E-state index contributed by atoms with van der Waals surface area (Å²) in [5.41, 5.74) is 0. The van der Waals surface area contributed by atoms with E-state index < -0.39 is 0 Å². The van der Waals surface area contributed by atoms with Crippen molar-refractivity contribution in [3.8, 4) is 5.75 Å². The van der Waals surface area contributed by atoms with E-state index in [2.05, 4.69) is 34.7 Å². The fourth-order valence-corrected chi connectivity index (χ4v) is 2.59. The average Bonchev–Trinajstić information content (AvgIpc) is 2.40. The molecule has 0 N–H and O–H groups in total. The van der Waals surface area contributed by atoms with Crippen LogP contribution in [0, 0.1) is 0 Å². The number of hydrogen-bond donors (Lipinski definition) is 0. The highest BCUT2D eigenvalue weighted by Crippen LogP contribution is 2.28. The van der Waals surface area contributed by atoms with Gasteiger partial charge in [-0.25, -0.2) is 0 Å². The Morgan fingerprint density at radius 3 is 3.05 bits per heavy atom. The second-order valence-electron chi connectivity index (χ2n) is 4.97. The molecule has 0 aliphatic carbocycles. The van der Waals surface area contributed by atoms with Crippen LogP contribution in [0.1, 0.15) is 13.8 Å². The molecule has 106 valence electrons. The molecule has 1 aliphatic heterocycles. The average molecular weight is 349 g/mol. The number of nitrogens with zero attached hydrogens (tertiary/aromatic N) is 1. The minimum atomic E-state index is 0.103. The van der Waals surface area contributed by atoms with Crippen LogP contribution in [0.5, 0.6) is 5.75 Å². The molecule has 1 unspecified atom stereocenters. The van der Waals surface area contributed by atoms with Crippen molar-refractivity contribution in [2.24, 2.45) is 0 Å². The molecule has 2 rings (SSSR count). The van der Waals surface area contributed by atoms with E-state index in [0.717, 1.165) is 24.2 Å². The van der Waals surface area contributed by atoms with Crippen LogP contribution in [0.15, 0.2) is 22.7 Å². The van der Waals surface area contributed by atoms with Crippen molar-refractivity contribution in [3.63, 3.8) is 0 Å². The van der Waals surface area contributed by atoms with Crippen LogP contribution >= 0.6 is 27.5 Å². The molecular formula is C14H19BrClNO2. The first-order valence-electron chi connectivity index (χ1n) is 6.50. The van der Waals surface area contributed by atoms with Gasteiger partial charge in [0.1, 0.15) is 18.5 Å². The number of halogens is 2. The summed E-state index contributed by atoms with van der Waals surface area (Å²) in [7, 11) is 0. The van der Waals surface area contributed by atoms with Gasteiger partial charge in [-0.3, -0.25) is 4.90 Å². The second kappa shape index (κ2) is 6.93. The zero-order valence-corrected chi connectivity index (χ0v) is 13.6. The third kappa shape index (κ3) is 4.35. The summed E-state index contributed by atoms with van der Waals surface area (Å²) >= 11 is 9.51. The van der Waals surface area contributed by atoms with Gasteiger partial charge in [-0.2, -0.15) is 0 Å². The number of hydrogen-bond acceptors (Lipinski definition) is 3. The molecule has 0 aromatic heterocycles. The van der Waals surface area contributed by atoms with E-state index in [4.69, 9.17) is 21.1 Å². The third-order valence-electron chi connectivity index (χ3n) is 3.22. The Balaban J connectivity index is 1.89. The molecule has 1 heterocycles. The van der Waals surface area contributed by atoms with Crippen molar-refractivity contribution in [1.82, 2.24) is 4.90 Å². The van der Waals surface area contributed by atoms with Crippen LogP contribution < -0.4 is 4.74 Å². The molecule has 19 heavy (non-hydrogen) atoms. The Labute approximate surface area is 128 Å². The highest BCUT2D eigenvalue weighted by Gasteiger charge is 2.22. The first kappa shape index (κ1) is 15.1. The predicted octanol–water partition coefficient (Wildman–Crippen LogP) is 3.59. The highest BCUT2D eigenvalue weighted by molar-refractivity contribution is 9.10. The van der Waals surface area contributed by atoms with Crippen LogP contribution in [0.3, 0.4) is 0 Å². The van der Waals surface area contributed by atoms with Crippen LogP contribution in [-0.4, -0.2) is 43.3 Å². The SMILES string of the molecule is CC(C)N1CCOC(COc2cc(Br)ccc2Cl)C1. The maximum Gasteiger partial charge on any atom is 0.139 e. The molecule has 0 radical (unpaired) electrons. The third-order valence-corrected chi connectivity index (χ3v) is 4.02. The fourth-order valence-electron chi connectivity index (χ4n) is 2.08. The highest BCUT2D eigenvalue weighted by atomic mass is 79.9. The van der Waals surface area contributed by atoms with Crippen molar-refractivity contribution < 1.29 is 9.47 Å². The van der Waals surface area contributed by atoms with Gasteiger partial charge in [0.15, 0.2) is 0 Å². The lowest BCUT2D eigenvalue weighted by molar-refractivity contribution is -0.0564. The molecule has 0 bridgehead atoms. The molecule has 0 spiro atoms. The van der Waals surface area contributed by atoms with Crippen LogP contribution in [0.4, 0.5) is 0 Å². The predicted molar refractivity (Wildman–Crippen MR) is 81.1 cm³/mol. The number of morpholine rings is 1. The Morgan fingerprint density at radius 1 is 1.53 bits per heavy atom. The molecule has 1 aliphatic rings. The molecule has 1 aromatic carbocycles. The van der Waals surface area contributed by atoms with Crippen molar-refractivity contribution in [2.45, 2.75) is 26.0 Å². The van der Waals surface area contributed by atoms with Gasteiger partial charge in [0, 0.05) is 23.6 Å². The van der Waals surface area contributed by atoms with Gasteiger partial charge in [0.25, 0.3) is 0 Å². The lowest BCUT2D eigenvalue weighted by Gasteiger charge is -2.35. The fraction of sp³-hybridized carbons (Fsp3) is 0.571. The van der Waals surface area contributed by atoms with E-state index in [0.29, 0.717) is 23.4 Å². The molecule has 3 nitrogen and oxygen atoms in total. The lowest BCUT2D eigenvalue weighted by Crippen LogP contribution is -2.47. The van der Waals surface area contributed by atoms with Crippen LogP contribution in [-0.2, 0) is 4.74 Å². The van der Waals surface area contributed by atoms with E-state index in [1.807, 2.05) is 18.2 Å². The van der Waals surface area contributed by atoms with Gasteiger partial charge < -0.3 is 9.47 Å². The summed E-state index contributed by atoms with van der Waals surface area (Å²) in [6.45, 7) is 7.59. The van der Waals surface area contributed by atoms with Crippen molar-refractivity contribution in [3.05, 3.63) is 27.7 Å². The lowest BCUT2D eigenvalue weighted by atomic mass is 10.2. The Bertz CT molecular complexity index is 428. The summed E-state index contributed by atoms with van der Waals surface area (Å²) in [6, 6.07) is 6.14. The maximum atomic E-state index is 6.10. The summed E-state index contributed by atoms with van der Waals surface area (Å²) in [5.74, 6) is 0.696. The largest absolute Gasteiger partial charge is 0.489 e. The smallest absolute Gasteiger partial charge is 0.139 e. The number of rotatable bonds is 4. The van der Waals surface area contributed by atoms with E-state index in [9.17, 15) is 0 Å². The van der Waals surface area contributed by atoms with Gasteiger partial charge in [-0.1, -0.05) is 27.5 Å². The Morgan fingerprint density at radius 2 is 2.32 bits per heavy atom. The standard InChI is InChI=1S/C14H19BrClNO2/c1-10(2)17-5-6-18-12(8-17)9-19-14-7-11(15)3-4-13(14)16/h3-4,7,10,12H,5-6,8-9H2,1-2H3. The van der Waals surface area contributed by atoms with Crippen molar-refractivity contribution in [2.75, 3.05) is 26.3 Å². The maximum absolute atomic E-state index is 6.10. The second-order valence-corrected chi connectivity index (χ2v) is 6.29. The molecule has 5 heteroatoms. The summed E-state index contributed by atoms with van der Waals surface area (Å²) < 4.78 is 12.5. The minimum Gasteiger partial charge on any atom is -0.489 e. The van der Waals surface area contributed by atoms with Gasteiger partial charge in [-0.15, -0.1) is 0 Å². The van der Waals surface area contributed by atoms with Gasteiger partial charge >= 0.3 is 0 Å². The molecular weight excluding hydrogens is 330 g/mol. The first-order chi connectivity index (χ1) is 9.06. The van der Waals surface area contributed by atoms with E-state index in [1.165, 1.54) is 0 Å². The number of ether oxygens (including phenoxy) is 2. The normalized spacial score (nSPS) is 20.8. The van der Waals surface area contributed by atoms with E-state index in [1.54, 1.807) is 0 Å². The molecule has 0 amide bonds. The topological polar surface area (TPSA) is 21.7 Å². The van der Waals surface area contributed by atoms with Crippen LogP contribution in [0.25, 0.3) is 0 Å². The zero-order chi connectivity index (χ0) is 13.8.